The van der Waals surface area contributed by atoms with Gasteiger partial charge in [0.15, 0.2) is 0 Å². The minimum Gasteiger partial charge on any atom is -0.0801 e. The lowest BCUT2D eigenvalue weighted by Gasteiger charge is -2.01. The van der Waals surface area contributed by atoms with Gasteiger partial charge in [-0.1, -0.05) is 30.9 Å². The van der Waals surface area contributed by atoms with Gasteiger partial charge in [0, 0.05) is 0 Å². The molecule has 0 nitrogen and oxygen atoms in total. The number of hydrogen-bond donors (Lipinski definition) is 0. The van der Waals surface area contributed by atoms with Crippen LogP contribution in [-0.4, -0.2) is 0 Å². The predicted molar refractivity (Wildman–Crippen MR) is 51.0 cm³/mol. The molecular weight excluding hydrogens is 144 g/mol. The molecule has 2 rings (SSSR count). The fourth-order valence-electron chi connectivity index (χ4n) is 1.89. The highest BCUT2D eigenvalue weighted by atomic mass is 14.1. The maximum atomic E-state index is 5.38. The number of benzene rings is 1. The van der Waals surface area contributed by atoms with Crippen molar-refractivity contribution in [3.63, 3.8) is 0 Å². The van der Waals surface area contributed by atoms with Crippen LogP contribution < -0.4 is 0 Å². The Morgan fingerprint density at radius 1 is 1.25 bits per heavy atom. The molecular formula is C12H13. The Morgan fingerprint density at radius 3 is 2.92 bits per heavy atom. The molecule has 0 atom stereocenters. The highest BCUT2D eigenvalue weighted by Crippen LogP contribution is 2.22. The van der Waals surface area contributed by atoms with Gasteiger partial charge in [0.05, 0.1) is 0 Å². The van der Waals surface area contributed by atoms with E-state index in [1.807, 2.05) is 0 Å². The topological polar surface area (TPSA) is 0 Å². The van der Waals surface area contributed by atoms with Crippen molar-refractivity contribution in [2.45, 2.75) is 25.7 Å². The van der Waals surface area contributed by atoms with E-state index in [-0.39, 0.29) is 0 Å². The summed E-state index contributed by atoms with van der Waals surface area (Å²) in [6.45, 7) is 5.38. The molecule has 0 heterocycles. The van der Waals surface area contributed by atoms with Crippen LogP contribution in [0.2, 0.25) is 0 Å². The fourth-order valence-corrected chi connectivity index (χ4v) is 1.89. The number of rotatable bonds is 2. The molecule has 0 saturated heterocycles. The van der Waals surface area contributed by atoms with Crippen molar-refractivity contribution in [2.24, 2.45) is 0 Å². The molecule has 0 N–H and O–H groups in total. The molecule has 61 valence electrons. The summed E-state index contributed by atoms with van der Waals surface area (Å²) in [6.07, 6.45) is 6.46. The Hall–Kier alpha value is -1.04. The summed E-state index contributed by atoms with van der Waals surface area (Å²) in [5, 5.41) is 0. The number of hydrogen-bond acceptors (Lipinski definition) is 0. The van der Waals surface area contributed by atoms with Gasteiger partial charge < -0.3 is 0 Å². The zero-order valence-corrected chi connectivity index (χ0v) is 7.22. The van der Waals surface area contributed by atoms with Crippen LogP contribution in [0.15, 0.2) is 24.3 Å². The summed E-state index contributed by atoms with van der Waals surface area (Å²) in [5.74, 6) is 0. The molecule has 0 heteroatoms. The Morgan fingerprint density at radius 2 is 2.08 bits per heavy atom. The molecule has 0 spiro atoms. The number of aryl methyl sites for hydroxylation is 2. The summed E-state index contributed by atoms with van der Waals surface area (Å²) in [7, 11) is 0. The molecule has 12 heavy (non-hydrogen) atoms. The minimum atomic E-state index is 0.896. The van der Waals surface area contributed by atoms with Gasteiger partial charge in [-0.25, -0.2) is 0 Å². The second-order valence-corrected chi connectivity index (χ2v) is 3.40. The largest absolute Gasteiger partial charge is 0.0801 e. The van der Waals surface area contributed by atoms with Gasteiger partial charge in [0.2, 0.25) is 0 Å². The van der Waals surface area contributed by atoms with Gasteiger partial charge in [-0.05, 0) is 42.4 Å². The molecule has 0 aromatic heterocycles. The van der Waals surface area contributed by atoms with E-state index < -0.39 is 0 Å². The highest BCUT2D eigenvalue weighted by molar-refractivity contribution is 5.35. The van der Waals surface area contributed by atoms with Crippen molar-refractivity contribution in [1.29, 1.82) is 0 Å². The van der Waals surface area contributed by atoms with Crippen LogP contribution in [0.3, 0.4) is 0 Å². The van der Waals surface area contributed by atoms with E-state index in [9.17, 15) is 0 Å². The van der Waals surface area contributed by atoms with Crippen molar-refractivity contribution in [3.05, 3.63) is 47.5 Å². The van der Waals surface area contributed by atoms with Gasteiger partial charge in [-0.15, -0.1) is 0 Å². The third-order valence-corrected chi connectivity index (χ3v) is 2.52. The van der Waals surface area contributed by atoms with Crippen molar-refractivity contribution >= 4 is 0 Å². The Balaban J connectivity index is 2.32. The summed E-state index contributed by atoms with van der Waals surface area (Å²) < 4.78 is 0. The monoisotopic (exact) mass is 157 g/mol. The lowest BCUT2D eigenvalue weighted by atomic mass is 10.0. The van der Waals surface area contributed by atoms with E-state index in [1.165, 1.54) is 36.0 Å². The summed E-state index contributed by atoms with van der Waals surface area (Å²) in [4.78, 5) is 0. The van der Waals surface area contributed by atoms with E-state index in [0.29, 0.717) is 0 Å². The first-order valence-corrected chi connectivity index (χ1v) is 4.54. The molecule has 1 aliphatic carbocycles. The first-order valence-electron chi connectivity index (χ1n) is 4.54. The summed E-state index contributed by atoms with van der Waals surface area (Å²) in [6, 6.07) is 6.74. The van der Waals surface area contributed by atoms with Crippen LogP contribution >= 0.6 is 0 Å². The van der Waals surface area contributed by atoms with Gasteiger partial charge in [-0.2, -0.15) is 0 Å². The average molecular weight is 157 g/mol. The maximum absolute atomic E-state index is 5.38. The minimum absolute atomic E-state index is 0.896. The van der Waals surface area contributed by atoms with Crippen molar-refractivity contribution in [3.8, 4) is 0 Å². The lowest BCUT2D eigenvalue weighted by molar-refractivity contribution is 0.911. The third kappa shape index (κ3) is 1.29. The zero-order chi connectivity index (χ0) is 8.39. The molecule has 0 amide bonds. The molecule has 1 aliphatic rings. The molecule has 1 radical (unpaired) electrons. The van der Waals surface area contributed by atoms with E-state index >= 15 is 0 Å². The quantitative estimate of drug-likeness (QED) is 0.619. The standard InChI is InChI=1S/C12H13/c1-2-4-10-7-8-11-5-3-6-12(11)9-10/h1-2,7-9H,3-6H2. The number of fused-ring (bicyclic) bond motifs is 1. The molecule has 0 unspecified atom stereocenters. The Labute approximate surface area is 73.9 Å². The van der Waals surface area contributed by atoms with E-state index in [1.54, 1.807) is 6.08 Å². The van der Waals surface area contributed by atoms with E-state index in [0.717, 1.165) is 6.42 Å². The van der Waals surface area contributed by atoms with Gasteiger partial charge in [0.1, 0.15) is 0 Å². The van der Waals surface area contributed by atoms with E-state index in [2.05, 4.69) is 18.2 Å². The predicted octanol–water partition coefficient (Wildman–Crippen LogP) is 2.71. The van der Waals surface area contributed by atoms with Gasteiger partial charge in [-0.3, -0.25) is 0 Å². The second kappa shape index (κ2) is 3.14. The number of allylic oxidation sites excluding steroid dienone is 1. The van der Waals surface area contributed by atoms with Crippen molar-refractivity contribution < 1.29 is 0 Å². The molecule has 0 saturated carbocycles. The lowest BCUT2D eigenvalue weighted by Crippen LogP contribution is -1.86. The van der Waals surface area contributed by atoms with Crippen LogP contribution in [0.25, 0.3) is 0 Å². The van der Waals surface area contributed by atoms with Crippen molar-refractivity contribution in [1.82, 2.24) is 0 Å². The highest BCUT2D eigenvalue weighted by Gasteiger charge is 2.09. The summed E-state index contributed by atoms with van der Waals surface area (Å²) in [5.41, 5.74) is 4.42. The maximum Gasteiger partial charge on any atom is -0.00942 e. The van der Waals surface area contributed by atoms with Crippen LogP contribution in [-0.2, 0) is 19.3 Å². The first-order chi connectivity index (χ1) is 5.90. The molecule has 0 bridgehead atoms. The fraction of sp³-hybridized carbons (Fsp3) is 0.333. The third-order valence-electron chi connectivity index (χ3n) is 2.52. The normalized spacial score (nSPS) is 14.3. The van der Waals surface area contributed by atoms with Gasteiger partial charge in [0.25, 0.3) is 0 Å². The smallest absolute Gasteiger partial charge is 0.00942 e. The SMILES string of the molecule is [CH]=CCc1ccc2c(c1)CCC2. The second-order valence-electron chi connectivity index (χ2n) is 3.40. The van der Waals surface area contributed by atoms with Crippen LogP contribution in [0.5, 0.6) is 0 Å². The summed E-state index contributed by atoms with van der Waals surface area (Å²) >= 11 is 0. The average Bonchev–Trinajstić information content (AvgIpc) is 2.51. The molecule has 0 fully saturated rings. The first kappa shape index (κ1) is 7.60. The Bertz CT molecular complexity index is 297. The molecule has 1 aromatic carbocycles. The molecule has 0 aliphatic heterocycles. The van der Waals surface area contributed by atoms with E-state index in [4.69, 9.17) is 6.58 Å². The van der Waals surface area contributed by atoms with Crippen LogP contribution in [0.4, 0.5) is 0 Å². The van der Waals surface area contributed by atoms with Crippen molar-refractivity contribution in [2.75, 3.05) is 0 Å². The zero-order valence-electron chi connectivity index (χ0n) is 7.22. The molecule has 1 aromatic rings. The Kier molecular flexibility index (Phi) is 1.99. The van der Waals surface area contributed by atoms with Crippen LogP contribution in [0.1, 0.15) is 23.1 Å². The van der Waals surface area contributed by atoms with Gasteiger partial charge >= 0.3 is 0 Å². The van der Waals surface area contributed by atoms with Crippen LogP contribution in [0, 0.1) is 6.58 Å².